The third-order valence-electron chi connectivity index (χ3n) is 5.66. The topological polar surface area (TPSA) is 97.4 Å². The molecule has 1 spiro atoms. The molecule has 0 saturated heterocycles. The van der Waals surface area contributed by atoms with Crippen molar-refractivity contribution >= 4 is 0 Å². The highest BCUT2D eigenvalue weighted by Gasteiger charge is 2.58. The number of allylic oxidation sites excluding steroid dienone is 3. The van der Waals surface area contributed by atoms with E-state index in [9.17, 15) is 15.8 Å². The van der Waals surface area contributed by atoms with E-state index in [-0.39, 0.29) is 17.0 Å². The molecular formula is C17H18N4. The van der Waals surface area contributed by atoms with Crippen LogP contribution in [0.2, 0.25) is 0 Å². The van der Waals surface area contributed by atoms with E-state index in [0.717, 1.165) is 44.1 Å². The van der Waals surface area contributed by atoms with Crippen molar-refractivity contribution in [3.8, 4) is 18.2 Å². The minimum atomic E-state index is -1.42. The lowest BCUT2D eigenvalue weighted by Crippen LogP contribution is -2.46. The Morgan fingerprint density at radius 2 is 1.76 bits per heavy atom. The molecule has 0 amide bonds. The zero-order chi connectivity index (χ0) is 15.1. The zero-order valence-electron chi connectivity index (χ0n) is 12.0. The van der Waals surface area contributed by atoms with Gasteiger partial charge in [-0.05, 0) is 37.2 Å². The summed E-state index contributed by atoms with van der Waals surface area (Å²) in [5, 5.41) is 28.9. The summed E-state index contributed by atoms with van der Waals surface area (Å²) in [5.74, 6) is 0.138. The minimum Gasteiger partial charge on any atom is -0.399 e. The number of fused-ring (bicyclic) bond motifs is 2. The predicted octanol–water partition coefficient (Wildman–Crippen LogP) is 3.06. The Balaban J connectivity index is 2.29. The summed E-state index contributed by atoms with van der Waals surface area (Å²) in [6, 6.07) is 6.50. The molecule has 4 nitrogen and oxygen atoms in total. The van der Waals surface area contributed by atoms with Crippen molar-refractivity contribution in [2.75, 3.05) is 0 Å². The summed E-state index contributed by atoms with van der Waals surface area (Å²) < 4.78 is 0. The first-order valence-corrected chi connectivity index (χ1v) is 7.60. The van der Waals surface area contributed by atoms with Gasteiger partial charge in [0.1, 0.15) is 0 Å². The second kappa shape index (κ2) is 4.64. The Labute approximate surface area is 125 Å². The average molecular weight is 278 g/mol. The average Bonchev–Trinajstić information content (AvgIpc) is 3.01. The summed E-state index contributed by atoms with van der Waals surface area (Å²) in [7, 11) is 0. The Hall–Kier alpha value is -2.25. The smallest absolute Gasteiger partial charge is 0.204 e. The van der Waals surface area contributed by atoms with Crippen LogP contribution >= 0.6 is 0 Å². The Morgan fingerprint density at radius 3 is 2.33 bits per heavy atom. The molecule has 0 heterocycles. The maximum Gasteiger partial charge on any atom is 0.204 e. The first kappa shape index (κ1) is 13.7. The summed E-state index contributed by atoms with van der Waals surface area (Å²) in [6.07, 6.45) is 9.10. The van der Waals surface area contributed by atoms with Crippen LogP contribution < -0.4 is 5.73 Å². The number of nitrogens with zero attached hydrogens (tertiary/aromatic N) is 3. The standard InChI is InChI=1S/C17H18N4/c18-9-14-15(21)17(10-19,11-20)13-6-4-5-12(13)16(14)7-2-1-3-8-16/h6,12H,1-5,7-8,21H2/t12-/m0/s1. The van der Waals surface area contributed by atoms with Crippen LogP contribution in [-0.4, -0.2) is 0 Å². The molecule has 4 heteroatoms. The van der Waals surface area contributed by atoms with E-state index < -0.39 is 5.41 Å². The van der Waals surface area contributed by atoms with E-state index in [4.69, 9.17) is 5.73 Å². The predicted molar refractivity (Wildman–Crippen MR) is 76.8 cm³/mol. The van der Waals surface area contributed by atoms with Gasteiger partial charge in [-0.15, -0.1) is 0 Å². The van der Waals surface area contributed by atoms with Gasteiger partial charge in [0.05, 0.1) is 29.5 Å². The van der Waals surface area contributed by atoms with Crippen LogP contribution in [0, 0.1) is 50.7 Å². The third-order valence-corrected chi connectivity index (χ3v) is 5.66. The summed E-state index contributed by atoms with van der Waals surface area (Å²) in [6.45, 7) is 0. The van der Waals surface area contributed by atoms with E-state index in [1.165, 1.54) is 6.42 Å². The molecule has 0 aliphatic heterocycles. The van der Waals surface area contributed by atoms with Gasteiger partial charge >= 0.3 is 0 Å². The molecule has 0 aromatic heterocycles. The summed E-state index contributed by atoms with van der Waals surface area (Å²) in [5.41, 5.74) is 6.16. The highest BCUT2D eigenvalue weighted by molar-refractivity contribution is 5.57. The van der Waals surface area contributed by atoms with Crippen LogP contribution in [0.5, 0.6) is 0 Å². The molecule has 1 fully saturated rings. The Bertz CT molecular complexity index is 642. The van der Waals surface area contributed by atoms with Gasteiger partial charge in [-0.25, -0.2) is 0 Å². The maximum absolute atomic E-state index is 9.70. The van der Waals surface area contributed by atoms with Gasteiger partial charge in [0, 0.05) is 5.41 Å². The molecule has 3 rings (SSSR count). The maximum atomic E-state index is 9.70. The molecule has 3 aliphatic rings. The third kappa shape index (κ3) is 1.52. The van der Waals surface area contributed by atoms with E-state index in [0.29, 0.717) is 5.57 Å². The van der Waals surface area contributed by atoms with Crippen molar-refractivity contribution in [2.24, 2.45) is 22.5 Å². The van der Waals surface area contributed by atoms with Crippen LogP contribution in [0.1, 0.15) is 44.9 Å². The van der Waals surface area contributed by atoms with Crippen LogP contribution in [0.25, 0.3) is 0 Å². The minimum absolute atomic E-state index is 0.138. The number of rotatable bonds is 0. The molecule has 1 saturated carbocycles. The monoisotopic (exact) mass is 278 g/mol. The van der Waals surface area contributed by atoms with E-state index in [2.05, 4.69) is 18.2 Å². The van der Waals surface area contributed by atoms with Gasteiger partial charge in [-0.2, -0.15) is 15.8 Å². The van der Waals surface area contributed by atoms with Crippen LogP contribution in [0.4, 0.5) is 0 Å². The van der Waals surface area contributed by atoms with E-state index >= 15 is 0 Å². The van der Waals surface area contributed by atoms with E-state index in [1.54, 1.807) is 0 Å². The molecule has 0 aromatic rings. The lowest BCUT2D eigenvalue weighted by atomic mass is 9.52. The molecule has 3 aliphatic carbocycles. The molecule has 21 heavy (non-hydrogen) atoms. The molecule has 0 radical (unpaired) electrons. The van der Waals surface area contributed by atoms with Crippen molar-refractivity contribution < 1.29 is 0 Å². The van der Waals surface area contributed by atoms with Gasteiger partial charge < -0.3 is 5.73 Å². The van der Waals surface area contributed by atoms with Gasteiger partial charge in [0.25, 0.3) is 0 Å². The van der Waals surface area contributed by atoms with Gasteiger partial charge in [-0.1, -0.05) is 25.3 Å². The number of hydrogen-bond acceptors (Lipinski definition) is 4. The van der Waals surface area contributed by atoms with Gasteiger partial charge in [-0.3, -0.25) is 0 Å². The number of nitriles is 3. The van der Waals surface area contributed by atoms with Gasteiger partial charge in [0.15, 0.2) is 0 Å². The van der Waals surface area contributed by atoms with E-state index in [1.807, 2.05) is 6.08 Å². The molecule has 0 unspecified atom stereocenters. The lowest BCUT2D eigenvalue weighted by Gasteiger charge is -2.49. The van der Waals surface area contributed by atoms with Crippen molar-refractivity contribution in [1.29, 1.82) is 15.8 Å². The number of hydrogen-bond donors (Lipinski definition) is 1. The summed E-state index contributed by atoms with van der Waals surface area (Å²) in [4.78, 5) is 0. The fourth-order valence-corrected chi connectivity index (χ4v) is 4.70. The molecule has 0 bridgehead atoms. The molecule has 106 valence electrons. The molecule has 2 N–H and O–H groups in total. The normalized spacial score (nSPS) is 29.0. The first-order valence-electron chi connectivity index (χ1n) is 7.60. The molecule has 1 atom stereocenters. The van der Waals surface area contributed by atoms with Crippen molar-refractivity contribution in [3.63, 3.8) is 0 Å². The number of nitrogens with two attached hydrogens (primary N) is 1. The van der Waals surface area contributed by atoms with Crippen LogP contribution in [0.3, 0.4) is 0 Å². The lowest BCUT2D eigenvalue weighted by molar-refractivity contribution is 0.148. The zero-order valence-corrected chi connectivity index (χ0v) is 12.0. The highest BCUT2D eigenvalue weighted by Crippen LogP contribution is 2.62. The fourth-order valence-electron chi connectivity index (χ4n) is 4.70. The highest BCUT2D eigenvalue weighted by atomic mass is 14.7. The molecular weight excluding hydrogens is 260 g/mol. The quantitative estimate of drug-likeness (QED) is 0.688. The van der Waals surface area contributed by atoms with Crippen LogP contribution in [-0.2, 0) is 0 Å². The Morgan fingerprint density at radius 1 is 1.10 bits per heavy atom. The molecule has 0 aromatic carbocycles. The van der Waals surface area contributed by atoms with Crippen molar-refractivity contribution in [2.45, 2.75) is 44.9 Å². The second-order valence-corrected chi connectivity index (χ2v) is 6.38. The summed E-state index contributed by atoms with van der Waals surface area (Å²) >= 11 is 0. The van der Waals surface area contributed by atoms with Gasteiger partial charge in [0.2, 0.25) is 5.41 Å². The SMILES string of the molecule is N#CC1=C(N)C(C#N)(C#N)C2=CCC[C@@H]2C12CCCCC2. The first-order chi connectivity index (χ1) is 10.2. The van der Waals surface area contributed by atoms with Crippen LogP contribution in [0.15, 0.2) is 22.9 Å². The fraction of sp³-hybridized carbons (Fsp3) is 0.588. The Kier molecular flexibility index (Phi) is 3.03. The second-order valence-electron chi connectivity index (χ2n) is 6.38. The largest absolute Gasteiger partial charge is 0.399 e. The van der Waals surface area contributed by atoms with Crippen molar-refractivity contribution in [1.82, 2.24) is 0 Å². The van der Waals surface area contributed by atoms with Crippen molar-refractivity contribution in [3.05, 3.63) is 22.9 Å².